The summed E-state index contributed by atoms with van der Waals surface area (Å²) in [6.07, 6.45) is 0. The number of methoxy groups -OCH3 is 4. The molecule has 6 aromatic carbocycles. The average Bonchev–Trinajstić information content (AvgIpc) is 3.68. The van der Waals surface area contributed by atoms with Crippen LogP contribution in [0.15, 0.2) is 121 Å². The Hall–Kier alpha value is -4.22. The van der Waals surface area contributed by atoms with Crippen LogP contribution in [-0.4, -0.2) is 38.7 Å². The van der Waals surface area contributed by atoms with E-state index in [1.165, 1.54) is 50.0 Å². The molecule has 0 saturated carbocycles. The van der Waals surface area contributed by atoms with E-state index in [4.69, 9.17) is 18.9 Å². The molecular weight excluding hydrogens is 596 g/mol. The number of phenolic OH excluding ortho intramolecular Hbond substituents is 2. The summed E-state index contributed by atoms with van der Waals surface area (Å²) in [6, 6.07) is 39.5. The summed E-state index contributed by atoms with van der Waals surface area (Å²) in [5.41, 5.74) is 0. The van der Waals surface area contributed by atoms with Crippen molar-refractivity contribution in [1.29, 1.82) is 0 Å². The van der Waals surface area contributed by atoms with Gasteiger partial charge in [0.25, 0.3) is 0 Å². The third-order valence-electron chi connectivity index (χ3n) is 5.90. The fraction of sp³-hybridized carbons (Fsp3) is 0.118. The Morgan fingerprint density at radius 3 is 1.05 bits per heavy atom. The summed E-state index contributed by atoms with van der Waals surface area (Å²) in [7, 11) is 5.98. The minimum Gasteiger partial charge on any atom is -0.502 e. The zero-order valence-electron chi connectivity index (χ0n) is 23.6. The zero-order valence-corrected chi connectivity index (χ0v) is 26.0. The van der Waals surface area contributed by atoms with Crippen molar-refractivity contribution in [1.82, 2.24) is 0 Å². The van der Waals surface area contributed by atoms with E-state index in [9.17, 15) is 10.2 Å². The molecule has 0 atom stereocenters. The van der Waals surface area contributed by atoms with Crippen LogP contribution < -0.4 is 18.9 Å². The summed E-state index contributed by atoms with van der Waals surface area (Å²) in [5, 5.41) is 24.0. The van der Waals surface area contributed by atoms with Crippen molar-refractivity contribution in [2.24, 2.45) is 0 Å². The van der Waals surface area contributed by atoms with Gasteiger partial charge in [-0.25, -0.2) is 0 Å². The number of benzene rings is 4. The third kappa shape index (κ3) is 9.44. The second-order valence-electron chi connectivity index (χ2n) is 8.33. The van der Waals surface area contributed by atoms with Gasteiger partial charge in [-0.1, -0.05) is 24.3 Å². The van der Waals surface area contributed by atoms with Crippen LogP contribution in [0.4, 0.5) is 0 Å². The molecule has 6 rings (SSSR count). The molecule has 210 valence electrons. The van der Waals surface area contributed by atoms with Gasteiger partial charge in [-0.2, -0.15) is 35.0 Å². The molecule has 0 heterocycles. The van der Waals surface area contributed by atoms with Crippen LogP contribution >= 0.6 is 0 Å². The van der Waals surface area contributed by atoms with Gasteiger partial charge in [0.1, 0.15) is 0 Å². The van der Waals surface area contributed by atoms with Crippen molar-refractivity contribution >= 4 is 21.5 Å². The molecule has 2 N–H and O–H groups in total. The van der Waals surface area contributed by atoms with Gasteiger partial charge < -0.3 is 29.2 Å². The van der Waals surface area contributed by atoms with E-state index in [2.05, 4.69) is 84.9 Å². The number of aromatic hydroxyl groups is 2. The number of ether oxygens (including phenoxy) is 4. The summed E-state index contributed by atoms with van der Waals surface area (Å²) < 4.78 is 19.4. The molecule has 0 spiro atoms. The summed E-state index contributed by atoms with van der Waals surface area (Å²) >= 11 is 0. The molecule has 0 aliphatic carbocycles. The summed E-state index contributed by atoms with van der Waals surface area (Å²) in [6.45, 7) is 0. The Kier molecular flexibility index (Phi) is 14.1. The summed E-state index contributed by atoms with van der Waals surface area (Å²) in [5.74, 6) is 1.76. The maximum absolute atomic E-state index is 9.34. The Morgan fingerprint density at radius 2 is 0.756 bits per heavy atom. The topological polar surface area (TPSA) is 77.4 Å². The number of hydrogen-bond acceptors (Lipinski definition) is 6. The van der Waals surface area contributed by atoms with Crippen LogP contribution in [0.5, 0.6) is 34.5 Å². The molecule has 0 aliphatic rings. The molecule has 0 aliphatic heterocycles. The van der Waals surface area contributed by atoms with Gasteiger partial charge in [-0.15, -0.1) is 59.3 Å². The minimum absolute atomic E-state index is 0. The van der Waals surface area contributed by atoms with Gasteiger partial charge in [0.2, 0.25) is 11.5 Å². The first kappa shape index (κ1) is 33.0. The molecule has 0 unspecified atom stereocenters. The second kappa shape index (κ2) is 17.5. The predicted molar refractivity (Wildman–Crippen MR) is 162 cm³/mol. The molecule has 0 saturated heterocycles. The average molecular weight is 630 g/mol. The van der Waals surface area contributed by atoms with Crippen molar-refractivity contribution in [2.75, 3.05) is 28.4 Å². The fourth-order valence-corrected chi connectivity index (χ4v) is 3.80. The number of para-hydroxylation sites is 2. The van der Waals surface area contributed by atoms with Gasteiger partial charge >= 0.3 is 26.2 Å². The van der Waals surface area contributed by atoms with Crippen LogP contribution in [0.2, 0.25) is 0 Å². The fourth-order valence-electron chi connectivity index (χ4n) is 3.80. The first-order valence-electron chi connectivity index (χ1n) is 12.5. The smallest absolute Gasteiger partial charge is 0.502 e. The first-order chi connectivity index (χ1) is 19.5. The van der Waals surface area contributed by atoms with E-state index in [0.29, 0.717) is 23.0 Å². The number of rotatable bonds is 4. The molecule has 6 aromatic rings. The Morgan fingerprint density at radius 1 is 0.439 bits per heavy atom. The SMILES string of the molecule is COc1cccc(OC)c1O.COc1cccc(OC)c1O.[Zr+2].c1ccc2[cH-]ccc2c1.c1ccc2[cH-]ccc2c1. The number of hydrogen-bond donors (Lipinski definition) is 2. The van der Waals surface area contributed by atoms with Gasteiger partial charge in [0.05, 0.1) is 28.4 Å². The molecule has 7 heteroatoms. The number of phenols is 2. The Bertz CT molecular complexity index is 1360. The molecule has 0 bridgehead atoms. The van der Waals surface area contributed by atoms with Crippen LogP contribution in [0.1, 0.15) is 0 Å². The maximum atomic E-state index is 9.34. The van der Waals surface area contributed by atoms with Crippen molar-refractivity contribution in [3.8, 4) is 34.5 Å². The quantitative estimate of drug-likeness (QED) is 0.193. The Labute approximate surface area is 260 Å². The van der Waals surface area contributed by atoms with Crippen LogP contribution in [0.25, 0.3) is 21.5 Å². The van der Waals surface area contributed by atoms with Crippen molar-refractivity contribution in [2.45, 2.75) is 0 Å². The standard InChI is InChI=1S/2C9H7.2C8H10O3.Zr/c2*1-2-5-9-7-3-6-8(9)4-1;2*1-10-6-4-3-5-7(11-2)8(6)9;/h2*1-7H;2*3-5,9H,1-2H3;/q2*-1;;;+2. The molecule has 6 nitrogen and oxygen atoms in total. The normalized spacial score (nSPS) is 9.46. The largest absolute Gasteiger partial charge is 2.00 e. The van der Waals surface area contributed by atoms with E-state index < -0.39 is 0 Å². The Balaban J connectivity index is 0.000000190. The van der Waals surface area contributed by atoms with Gasteiger partial charge in [-0.05, 0) is 24.3 Å². The van der Waals surface area contributed by atoms with Crippen molar-refractivity contribution in [3.05, 3.63) is 121 Å². The van der Waals surface area contributed by atoms with Crippen molar-refractivity contribution < 1.29 is 55.4 Å². The number of fused-ring (bicyclic) bond motifs is 2. The van der Waals surface area contributed by atoms with E-state index in [1.807, 2.05) is 0 Å². The zero-order chi connectivity index (χ0) is 28.7. The van der Waals surface area contributed by atoms with Gasteiger partial charge in [0.15, 0.2) is 23.0 Å². The van der Waals surface area contributed by atoms with Crippen LogP contribution in [0, 0.1) is 0 Å². The van der Waals surface area contributed by atoms with E-state index in [-0.39, 0.29) is 37.7 Å². The third-order valence-corrected chi connectivity index (χ3v) is 5.90. The molecule has 0 amide bonds. The van der Waals surface area contributed by atoms with E-state index in [1.54, 1.807) is 36.4 Å². The molecular formula is C34H34O6Zr. The van der Waals surface area contributed by atoms with Gasteiger partial charge in [0, 0.05) is 0 Å². The predicted octanol–water partition coefficient (Wildman–Crippen LogP) is 7.93. The molecule has 0 radical (unpaired) electrons. The van der Waals surface area contributed by atoms with E-state index in [0.717, 1.165) is 0 Å². The second-order valence-corrected chi connectivity index (χ2v) is 8.33. The molecule has 0 fully saturated rings. The minimum atomic E-state index is 0. The monoisotopic (exact) mass is 628 g/mol. The maximum Gasteiger partial charge on any atom is 2.00 e. The van der Waals surface area contributed by atoms with Crippen LogP contribution in [0.3, 0.4) is 0 Å². The molecule has 41 heavy (non-hydrogen) atoms. The first-order valence-corrected chi connectivity index (χ1v) is 12.5. The van der Waals surface area contributed by atoms with Crippen LogP contribution in [-0.2, 0) is 26.2 Å². The van der Waals surface area contributed by atoms with Crippen molar-refractivity contribution in [3.63, 3.8) is 0 Å². The summed E-state index contributed by atoms with van der Waals surface area (Å²) in [4.78, 5) is 0. The van der Waals surface area contributed by atoms with Gasteiger partial charge in [-0.3, -0.25) is 0 Å². The molecule has 0 aromatic heterocycles. The van der Waals surface area contributed by atoms with E-state index >= 15 is 0 Å².